The fraction of sp³-hybridized carbons (Fsp3) is 0.455. The first kappa shape index (κ1) is 24.4. The fourth-order valence-electron chi connectivity index (χ4n) is 4.11. The number of piperazine rings is 1. The van der Waals surface area contributed by atoms with Crippen LogP contribution >= 0.6 is 11.6 Å². The number of sulfonamides is 1. The van der Waals surface area contributed by atoms with Gasteiger partial charge in [-0.2, -0.15) is 4.31 Å². The van der Waals surface area contributed by atoms with Crippen LogP contribution in [0.1, 0.15) is 12.8 Å². The second kappa shape index (κ2) is 10.7. The van der Waals surface area contributed by atoms with Gasteiger partial charge in [-0.25, -0.2) is 18.4 Å². The molecular formula is C22H27ClN6O4S. The highest BCUT2D eigenvalue weighted by atomic mass is 35.5. The van der Waals surface area contributed by atoms with Crippen molar-refractivity contribution >= 4 is 45.1 Å². The molecule has 4 rings (SSSR count). The van der Waals surface area contributed by atoms with Crippen molar-refractivity contribution in [3.05, 3.63) is 47.7 Å². The summed E-state index contributed by atoms with van der Waals surface area (Å²) in [4.78, 5) is 36.8. The van der Waals surface area contributed by atoms with Crippen LogP contribution in [0.5, 0.6) is 0 Å². The first-order chi connectivity index (χ1) is 16.3. The van der Waals surface area contributed by atoms with E-state index in [4.69, 9.17) is 11.6 Å². The number of rotatable bonds is 8. The summed E-state index contributed by atoms with van der Waals surface area (Å²) in [6.45, 7) is 2.33. The van der Waals surface area contributed by atoms with Crippen molar-refractivity contribution in [1.82, 2.24) is 19.6 Å². The largest absolute Gasteiger partial charge is 0.356 e. The van der Waals surface area contributed by atoms with Gasteiger partial charge in [-0.3, -0.25) is 9.59 Å². The van der Waals surface area contributed by atoms with E-state index in [1.54, 1.807) is 47.6 Å². The molecule has 0 bridgehead atoms. The number of hydrogen-bond donors (Lipinski definition) is 1. The Balaban J connectivity index is 1.19. The fourth-order valence-corrected chi connectivity index (χ4v) is 5.73. The molecule has 1 atom stereocenters. The Labute approximate surface area is 204 Å². The van der Waals surface area contributed by atoms with Crippen molar-refractivity contribution in [3.63, 3.8) is 0 Å². The van der Waals surface area contributed by atoms with E-state index in [0.717, 1.165) is 0 Å². The third-order valence-electron chi connectivity index (χ3n) is 5.98. The normalized spacial score (nSPS) is 19.4. The second-order valence-electron chi connectivity index (χ2n) is 8.28. The van der Waals surface area contributed by atoms with Gasteiger partial charge >= 0.3 is 0 Å². The summed E-state index contributed by atoms with van der Waals surface area (Å²) in [7, 11) is -3.42. The summed E-state index contributed by atoms with van der Waals surface area (Å²) in [5, 5.41) is 3.36. The molecule has 0 aliphatic carbocycles. The Hall–Kier alpha value is -2.76. The lowest BCUT2D eigenvalue weighted by Gasteiger charge is -2.33. The molecule has 1 aromatic heterocycles. The molecule has 0 saturated carbocycles. The zero-order valence-corrected chi connectivity index (χ0v) is 20.2. The van der Waals surface area contributed by atoms with E-state index >= 15 is 0 Å². The summed E-state index contributed by atoms with van der Waals surface area (Å²) < 4.78 is 26.9. The van der Waals surface area contributed by atoms with Crippen molar-refractivity contribution in [1.29, 1.82) is 0 Å². The smallest absolute Gasteiger partial charge is 0.227 e. The lowest BCUT2D eigenvalue weighted by molar-refractivity contribution is -0.126. The predicted octanol–water partition coefficient (Wildman–Crippen LogP) is 1.14. The zero-order chi connectivity index (χ0) is 24.1. The van der Waals surface area contributed by atoms with Crippen LogP contribution in [0, 0.1) is 5.92 Å². The molecule has 10 nitrogen and oxygen atoms in total. The van der Waals surface area contributed by atoms with Gasteiger partial charge in [-0.05, 0) is 36.8 Å². The quantitative estimate of drug-likeness (QED) is 0.534. The average molecular weight is 507 g/mol. The van der Waals surface area contributed by atoms with Crippen molar-refractivity contribution in [3.8, 4) is 0 Å². The molecule has 0 spiro atoms. The highest BCUT2D eigenvalue weighted by Gasteiger charge is 2.35. The molecule has 2 aliphatic heterocycles. The number of nitrogens with zero attached hydrogens (tertiary/aromatic N) is 5. The highest BCUT2D eigenvalue weighted by molar-refractivity contribution is 7.89. The van der Waals surface area contributed by atoms with E-state index in [2.05, 4.69) is 15.3 Å². The molecule has 2 aliphatic rings. The van der Waals surface area contributed by atoms with Crippen molar-refractivity contribution in [2.45, 2.75) is 12.8 Å². The maximum Gasteiger partial charge on any atom is 0.227 e. The summed E-state index contributed by atoms with van der Waals surface area (Å²) >= 11 is 5.90. The number of halogens is 1. The molecule has 2 amide bonds. The van der Waals surface area contributed by atoms with Gasteiger partial charge in [0, 0.05) is 68.8 Å². The summed E-state index contributed by atoms with van der Waals surface area (Å²) in [6.07, 6.45) is 3.76. The maximum atomic E-state index is 12.7. The monoisotopic (exact) mass is 506 g/mol. The minimum absolute atomic E-state index is 0.0460. The second-order valence-corrected chi connectivity index (χ2v) is 10.8. The molecule has 1 unspecified atom stereocenters. The van der Waals surface area contributed by atoms with Crippen LogP contribution in [-0.4, -0.2) is 79.5 Å². The molecule has 34 heavy (non-hydrogen) atoms. The van der Waals surface area contributed by atoms with Crippen molar-refractivity contribution < 1.29 is 18.0 Å². The van der Waals surface area contributed by atoms with Crippen LogP contribution in [0.4, 0.5) is 11.6 Å². The Morgan fingerprint density at radius 3 is 2.44 bits per heavy atom. The molecular weight excluding hydrogens is 480 g/mol. The number of benzene rings is 1. The van der Waals surface area contributed by atoms with Crippen LogP contribution in [0.15, 0.2) is 42.7 Å². The van der Waals surface area contributed by atoms with Gasteiger partial charge in [0.1, 0.15) is 0 Å². The van der Waals surface area contributed by atoms with E-state index in [1.807, 2.05) is 4.90 Å². The topological polar surface area (TPSA) is 116 Å². The average Bonchev–Trinajstić information content (AvgIpc) is 3.24. The first-order valence-corrected chi connectivity index (χ1v) is 13.2. The Morgan fingerprint density at radius 2 is 1.76 bits per heavy atom. The molecule has 1 aromatic carbocycles. The summed E-state index contributed by atoms with van der Waals surface area (Å²) in [6, 6.07) is 8.64. The van der Waals surface area contributed by atoms with Gasteiger partial charge in [0.15, 0.2) is 0 Å². The zero-order valence-electron chi connectivity index (χ0n) is 18.6. The molecule has 2 aromatic rings. The molecule has 1 N–H and O–H groups in total. The number of carbonyl (C=O) groups excluding carboxylic acids is 2. The minimum atomic E-state index is -3.42. The lowest BCUT2D eigenvalue weighted by atomic mass is 10.1. The molecule has 2 saturated heterocycles. The molecule has 0 radical (unpaired) electrons. The molecule has 2 fully saturated rings. The summed E-state index contributed by atoms with van der Waals surface area (Å²) in [5.74, 6) is -0.269. The number of carbonyl (C=O) groups is 2. The first-order valence-electron chi connectivity index (χ1n) is 11.2. The third kappa shape index (κ3) is 5.83. The minimum Gasteiger partial charge on any atom is -0.356 e. The van der Waals surface area contributed by atoms with Crippen LogP contribution in [0.2, 0.25) is 5.02 Å². The van der Waals surface area contributed by atoms with Crippen LogP contribution in [0.3, 0.4) is 0 Å². The predicted molar refractivity (Wildman–Crippen MR) is 129 cm³/mol. The van der Waals surface area contributed by atoms with Gasteiger partial charge in [0.2, 0.25) is 27.8 Å². The maximum absolute atomic E-state index is 12.7. The van der Waals surface area contributed by atoms with E-state index < -0.39 is 15.9 Å². The number of nitrogens with one attached hydrogen (secondary N) is 1. The molecule has 12 heteroatoms. The van der Waals surface area contributed by atoms with E-state index in [9.17, 15) is 18.0 Å². The number of anilines is 2. The van der Waals surface area contributed by atoms with E-state index in [-0.39, 0.29) is 30.5 Å². The SMILES string of the molecule is O=C(NCCCS(=O)(=O)N1CCN(c2ncccn2)CC1)C1CC(=O)N(c2ccc(Cl)cc2)C1. The van der Waals surface area contributed by atoms with Crippen molar-refractivity contribution in [2.75, 3.05) is 54.8 Å². The third-order valence-corrected chi connectivity index (χ3v) is 8.19. The van der Waals surface area contributed by atoms with Gasteiger partial charge in [-0.1, -0.05) is 11.6 Å². The van der Waals surface area contributed by atoms with E-state index in [0.29, 0.717) is 55.8 Å². The molecule has 3 heterocycles. The summed E-state index contributed by atoms with van der Waals surface area (Å²) in [5.41, 5.74) is 0.703. The van der Waals surface area contributed by atoms with Gasteiger partial charge in [-0.15, -0.1) is 0 Å². The lowest BCUT2D eigenvalue weighted by Crippen LogP contribution is -2.50. The Kier molecular flexibility index (Phi) is 7.64. The highest BCUT2D eigenvalue weighted by Crippen LogP contribution is 2.26. The van der Waals surface area contributed by atoms with E-state index in [1.165, 1.54) is 4.31 Å². The van der Waals surface area contributed by atoms with Crippen LogP contribution in [-0.2, 0) is 19.6 Å². The van der Waals surface area contributed by atoms with Crippen LogP contribution < -0.4 is 15.1 Å². The molecule has 182 valence electrons. The van der Waals surface area contributed by atoms with Crippen molar-refractivity contribution in [2.24, 2.45) is 5.92 Å². The van der Waals surface area contributed by atoms with Gasteiger partial charge in [0.05, 0.1) is 11.7 Å². The number of aromatic nitrogens is 2. The standard InChI is InChI=1S/C22H27ClN6O4S/c23-18-3-5-19(6-4-18)29-16-17(15-20(29)30)21(31)24-9-2-14-34(32,33)28-12-10-27(11-13-28)22-25-7-1-8-26-22/h1,3-8,17H,2,9-16H2,(H,24,31). The number of amides is 2. The number of hydrogen-bond acceptors (Lipinski definition) is 7. The Bertz CT molecular complexity index is 1110. The van der Waals surface area contributed by atoms with Gasteiger partial charge < -0.3 is 15.1 Å². The Morgan fingerprint density at radius 1 is 1.09 bits per heavy atom. The van der Waals surface area contributed by atoms with Crippen LogP contribution in [0.25, 0.3) is 0 Å². The van der Waals surface area contributed by atoms with Gasteiger partial charge in [0.25, 0.3) is 0 Å².